The van der Waals surface area contributed by atoms with Crippen LogP contribution in [-0.2, 0) is 4.79 Å². The number of carboxylic acid groups (broad SMARTS) is 1. The van der Waals surface area contributed by atoms with E-state index in [9.17, 15) is 9.18 Å². The summed E-state index contributed by atoms with van der Waals surface area (Å²) in [7, 11) is 0. The van der Waals surface area contributed by atoms with Crippen LogP contribution in [0.25, 0.3) is 11.1 Å². The van der Waals surface area contributed by atoms with E-state index >= 15 is 0 Å². The number of carboxylic acids is 1. The zero-order chi connectivity index (χ0) is 20.2. The first-order chi connectivity index (χ1) is 14.1. The molecule has 3 aromatic carbocycles. The van der Waals surface area contributed by atoms with Gasteiger partial charge in [-0.05, 0) is 60.9 Å². The van der Waals surface area contributed by atoms with E-state index in [0.29, 0.717) is 17.1 Å². The molecule has 0 aliphatic carbocycles. The first kappa shape index (κ1) is 19.0. The van der Waals surface area contributed by atoms with Gasteiger partial charge in [0.2, 0.25) is 0 Å². The van der Waals surface area contributed by atoms with Crippen LogP contribution in [0, 0.1) is 5.82 Å². The molecule has 0 amide bonds. The minimum absolute atomic E-state index is 0.0386. The number of rotatable bonds is 6. The fraction of sp³-hybridized carbons (Fsp3) is 0.208. The third kappa shape index (κ3) is 4.40. The Labute approximate surface area is 169 Å². The number of aliphatic carboxylic acids is 1. The van der Waals surface area contributed by atoms with E-state index in [4.69, 9.17) is 9.84 Å². The van der Waals surface area contributed by atoms with Gasteiger partial charge in [0, 0.05) is 23.8 Å². The summed E-state index contributed by atoms with van der Waals surface area (Å²) in [5, 5.41) is 9.10. The molecule has 148 valence electrons. The average Bonchev–Trinajstić information content (AvgIpc) is 3.16. The average molecular weight is 391 g/mol. The Bertz CT molecular complexity index is 1000. The molecular weight excluding hydrogens is 369 g/mol. The highest BCUT2D eigenvalue weighted by molar-refractivity contribution is 5.69. The van der Waals surface area contributed by atoms with Crippen molar-refractivity contribution in [3.8, 4) is 22.6 Å². The van der Waals surface area contributed by atoms with Gasteiger partial charge in [0.15, 0.2) is 0 Å². The van der Waals surface area contributed by atoms with Gasteiger partial charge in [-0.3, -0.25) is 4.79 Å². The van der Waals surface area contributed by atoms with Crippen LogP contribution in [-0.4, -0.2) is 23.7 Å². The van der Waals surface area contributed by atoms with Crippen LogP contribution < -0.4 is 9.64 Å². The number of nitrogens with zero attached hydrogens (tertiary/aromatic N) is 1. The Morgan fingerprint density at radius 2 is 1.83 bits per heavy atom. The molecule has 1 heterocycles. The van der Waals surface area contributed by atoms with Crippen molar-refractivity contribution in [2.75, 3.05) is 11.4 Å². The van der Waals surface area contributed by atoms with Crippen LogP contribution in [0.2, 0.25) is 0 Å². The van der Waals surface area contributed by atoms with Gasteiger partial charge >= 0.3 is 5.97 Å². The molecule has 3 aromatic rings. The molecule has 4 rings (SSSR count). The summed E-state index contributed by atoms with van der Waals surface area (Å²) in [6, 6.07) is 21.7. The fourth-order valence-corrected chi connectivity index (χ4v) is 3.85. The monoisotopic (exact) mass is 391 g/mol. The summed E-state index contributed by atoms with van der Waals surface area (Å²) in [6.07, 6.45) is 2.05. The third-order valence-electron chi connectivity index (χ3n) is 5.21. The van der Waals surface area contributed by atoms with Gasteiger partial charge in [-0.2, -0.15) is 0 Å². The van der Waals surface area contributed by atoms with Crippen LogP contribution in [0.1, 0.15) is 19.3 Å². The number of benzene rings is 3. The zero-order valence-electron chi connectivity index (χ0n) is 15.9. The molecule has 0 bridgehead atoms. The summed E-state index contributed by atoms with van der Waals surface area (Å²) in [6.45, 7) is 0.864. The fourth-order valence-electron chi connectivity index (χ4n) is 3.85. The first-order valence-corrected chi connectivity index (χ1v) is 9.71. The van der Waals surface area contributed by atoms with Gasteiger partial charge < -0.3 is 14.7 Å². The number of ether oxygens (including phenoxy) is 1. The lowest BCUT2D eigenvalue weighted by atomic mass is 10.1. The molecule has 0 saturated carbocycles. The lowest BCUT2D eigenvalue weighted by Gasteiger charge is -2.25. The van der Waals surface area contributed by atoms with E-state index in [2.05, 4.69) is 4.90 Å². The summed E-state index contributed by atoms with van der Waals surface area (Å²) in [5.41, 5.74) is 2.29. The Morgan fingerprint density at radius 3 is 2.59 bits per heavy atom. The SMILES string of the molecule is O=C(O)C[C@@H]1CCCN1c1ccc(Oc2cccc(-c3ccccc3F)c2)cc1. The second kappa shape index (κ2) is 8.35. The maximum absolute atomic E-state index is 14.1. The molecular formula is C24H22FNO3. The highest BCUT2D eigenvalue weighted by Crippen LogP contribution is 2.32. The quantitative estimate of drug-likeness (QED) is 0.583. The van der Waals surface area contributed by atoms with Crippen LogP contribution in [0.5, 0.6) is 11.5 Å². The predicted octanol–water partition coefficient (Wildman–Crippen LogP) is 5.73. The Kier molecular flexibility index (Phi) is 5.47. The second-order valence-corrected chi connectivity index (χ2v) is 7.19. The Balaban J connectivity index is 1.49. The molecule has 0 spiro atoms. The van der Waals surface area contributed by atoms with E-state index in [1.165, 1.54) is 6.07 Å². The molecule has 1 atom stereocenters. The van der Waals surface area contributed by atoms with Crippen LogP contribution in [0.15, 0.2) is 72.8 Å². The van der Waals surface area contributed by atoms with Crippen molar-refractivity contribution in [3.63, 3.8) is 0 Å². The standard InChI is InChI=1S/C24H22FNO3/c25-23-9-2-1-8-22(23)17-5-3-7-21(15-17)29-20-12-10-18(11-13-20)26-14-4-6-19(26)16-24(27)28/h1-3,5,7-13,15,19H,4,6,14,16H2,(H,27,28)/t19-/m0/s1. The van der Waals surface area contributed by atoms with Gasteiger partial charge in [-0.25, -0.2) is 4.39 Å². The normalized spacial score (nSPS) is 16.0. The van der Waals surface area contributed by atoms with Crippen molar-refractivity contribution >= 4 is 11.7 Å². The van der Waals surface area contributed by atoms with E-state index in [1.54, 1.807) is 18.2 Å². The lowest BCUT2D eigenvalue weighted by Crippen LogP contribution is -2.31. The Hall–Kier alpha value is -3.34. The van der Waals surface area contributed by atoms with Crippen LogP contribution in [0.4, 0.5) is 10.1 Å². The number of carbonyl (C=O) groups is 1. The van der Waals surface area contributed by atoms with Gasteiger partial charge in [-0.15, -0.1) is 0 Å². The minimum Gasteiger partial charge on any atom is -0.481 e. The molecule has 0 aromatic heterocycles. The summed E-state index contributed by atoms with van der Waals surface area (Å²) < 4.78 is 20.0. The van der Waals surface area contributed by atoms with Gasteiger partial charge in [-0.1, -0.05) is 30.3 Å². The molecule has 1 aliphatic heterocycles. The third-order valence-corrected chi connectivity index (χ3v) is 5.21. The van der Waals surface area contributed by atoms with Crippen molar-refractivity contribution in [1.82, 2.24) is 0 Å². The van der Waals surface area contributed by atoms with Crippen molar-refractivity contribution in [3.05, 3.63) is 78.6 Å². The van der Waals surface area contributed by atoms with Crippen LogP contribution in [0.3, 0.4) is 0 Å². The summed E-state index contributed by atoms with van der Waals surface area (Å²) in [4.78, 5) is 13.2. The minimum atomic E-state index is -0.767. The first-order valence-electron chi connectivity index (χ1n) is 9.71. The number of halogens is 1. The number of anilines is 1. The molecule has 1 fully saturated rings. The zero-order valence-corrected chi connectivity index (χ0v) is 15.9. The van der Waals surface area contributed by atoms with Gasteiger partial charge in [0.1, 0.15) is 17.3 Å². The highest BCUT2D eigenvalue weighted by atomic mass is 19.1. The maximum Gasteiger partial charge on any atom is 0.305 e. The lowest BCUT2D eigenvalue weighted by molar-refractivity contribution is -0.137. The molecule has 0 unspecified atom stereocenters. The van der Waals surface area contributed by atoms with E-state index < -0.39 is 5.97 Å². The van der Waals surface area contributed by atoms with E-state index in [1.807, 2.05) is 48.5 Å². The van der Waals surface area contributed by atoms with Crippen molar-refractivity contribution < 1.29 is 19.0 Å². The van der Waals surface area contributed by atoms with E-state index in [0.717, 1.165) is 30.6 Å². The smallest absolute Gasteiger partial charge is 0.305 e. The second-order valence-electron chi connectivity index (χ2n) is 7.19. The molecule has 0 radical (unpaired) electrons. The molecule has 1 aliphatic rings. The van der Waals surface area contributed by atoms with Crippen molar-refractivity contribution in [2.45, 2.75) is 25.3 Å². The van der Waals surface area contributed by atoms with E-state index in [-0.39, 0.29) is 18.3 Å². The predicted molar refractivity (Wildman–Crippen MR) is 111 cm³/mol. The number of hydrogen-bond donors (Lipinski definition) is 1. The topological polar surface area (TPSA) is 49.8 Å². The maximum atomic E-state index is 14.1. The van der Waals surface area contributed by atoms with Crippen LogP contribution >= 0.6 is 0 Å². The summed E-state index contributed by atoms with van der Waals surface area (Å²) in [5.74, 6) is 0.268. The van der Waals surface area contributed by atoms with Crippen molar-refractivity contribution in [2.24, 2.45) is 0 Å². The molecule has 1 saturated heterocycles. The molecule has 4 nitrogen and oxygen atoms in total. The molecule has 29 heavy (non-hydrogen) atoms. The number of hydrogen-bond acceptors (Lipinski definition) is 3. The van der Waals surface area contributed by atoms with Gasteiger partial charge in [0.25, 0.3) is 0 Å². The highest BCUT2D eigenvalue weighted by Gasteiger charge is 2.26. The largest absolute Gasteiger partial charge is 0.481 e. The molecule has 1 N–H and O–H groups in total. The summed E-state index contributed by atoms with van der Waals surface area (Å²) >= 11 is 0. The van der Waals surface area contributed by atoms with Crippen molar-refractivity contribution in [1.29, 1.82) is 0 Å². The molecule has 5 heteroatoms. The van der Waals surface area contributed by atoms with Gasteiger partial charge in [0.05, 0.1) is 6.42 Å². The Morgan fingerprint density at radius 1 is 1.03 bits per heavy atom.